The number of amides is 1. The Labute approximate surface area is 165 Å². The second-order valence-corrected chi connectivity index (χ2v) is 7.64. The lowest BCUT2D eigenvalue weighted by atomic mass is 10.2. The van der Waals surface area contributed by atoms with E-state index in [1.54, 1.807) is 19.4 Å². The third-order valence-corrected chi connectivity index (χ3v) is 5.57. The van der Waals surface area contributed by atoms with Gasteiger partial charge in [0, 0.05) is 36.6 Å². The van der Waals surface area contributed by atoms with E-state index in [4.69, 9.17) is 14.7 Å². The maximum atomic E-state index is 12.5. The number of carbonyl (C=O) groups is 1. The molecule has 4 rings (SSSR count). The Hall–Kier alpha value is -2.70. The average molecular weight is 381 g/mol. The van der Waals surface area contributed by atoms with Crippen molar-refractivity contribution in [2.45, 2.75) is 51.0 Å². The molecule has 0 unspecified atom stereocenters. The van der Waals surface area contributed by atoms with Gasteiger partial charge in [-0.05, 0) is 38.2 Å². The van der Waals surface area contributed by atoms with Crippen molar-refractivity contribution in [2.24, 2.45) is 0 Å². The van der Waals surface area contributed by atoms with Crippen LogP contribution in [0.15, 0.2) is 18.3 Å². The molecular formula is C21H27N5O2. The van der Waals surface area contributed by atoms with Crippen LogP contribution in [0.2, 0.25) is 0 Å². The summed E-state index contributed by atoms with van der Waals surface area (Å²) < 4.78 is 5.30. The number of hydrogen-bond acceptors (Lipinski definition) is 6. The van der Waals surface area contributed by atoms with E-state index in [1.165, 1.54) is 12.8 Å². The summed E-state index contributed by atoms with van der Waals surface area (Å²) in [5, 5.41) is 3.16. The molecular weight excluding hydrogens is 354 g/mol. The molecule has 0 aromatic carbocycles. The Morgan fingerprint density at radius 3 is 2.86 bits per heavy atom. The number of anilines is 1. The van der Waals surface area contributed by atoms with E-state index in [1.807, 2.05) is 18.0 Å². The van der Waals surface area contributed by atoms with Crippen LogP contribution in [0.25, 0.3) is 11.5 Å². The predicted octanol–water partition coefficient (Wildman–Crippen LogP) is 2.53. The predicted molar refractivity (Wildman–Crippen MR) is 108 cm³/mol. The van der Waals surface area contributed by atoms with Gasteiger partial charge in [-0.3, -0.25) is 9.78 Å². The molecule has 7 heteroatoms. The Kier molecular flexibility index (Phi) is 5.41. The molecule has 0 spiro atoms. The zero-order chi connectivity index (χ0) is 19.5. The van der Waals surface area contributed by atoms with Crippen molar-refractivity contribution in [2.75, 3.05) is 25.6 Å². The number of nitrogens with one attached hydrogen (secondary N) is 1. The fraction of sp³-hybridized carbons (Fsp3) is 0.524. The van der Waals surface area contributed by atoms with Crippen LogP contribution in [-0.4, -0.2) is 47.6 Å². The number of methoxy groups -OCH3 is 1. The van der Waals surface area contributed by atoms with Gasteiger partial charge in [0.2, 0.25) is 5.91 Å². The summed E-state index contributed by atoms with van der Waals surface area (Å²) in [6, 6.07) is 3.97. The summed E-state index contributed by atoms with van der Waals surface area (Å²) >= 11 is 0. The zero-order valence-electron chi connectivity index (χ0n) is 16.6. The van der Waals surface area contributed by atoms with Crippen LogP contribution in [0.5, 0.6) is 5.75 Å². The highest BCUT2D eigenvalue weighted by molar-refractivity contribution is 5.81. The first kappa shape index (κ1) is 18.7. The molecule has 148 valence electrons. The van der Waals surface area contributed by atoms with Gasteiger partial charge in [0.15, 0.2) is 5.82 Å². The standard InChI is InChI=1S/C21H27N5O2/c1-26(13-19(27)23-14-6-3-4-7-14)21-16-8-5-9-17(16)24-20(25-21)18-12-15(28-2)10-11-22-18/h10-12,14H,3-9,13H2,1-2H3,(H,23,27). The first-order chi connectivity index (χ1) is 13.6. The van der Waals surface area contributed by atoms with Crippen LogP contribution >= 0.6 is 0 Å². The highest BCUT2D eigenvalue weighted by Gasteiger charge is 2.24. The monoisotopic (exact) mass is 381 g/mol. The maximum absolute atomic E-state index is 12.5. The lowest BCUT2D eigenvalue weighted by Gasteiger charge is -2.22. The molecule has 1 N–H and O–H groups in total. The van der Waals surface area contributed by atoms with Crippen LogP contribution in [0.3, 0.4) is 0 Å². The van der Waals surface area contributed by atoms with Crippen molar-refractivity contribution in [3.05, 3.63) is 29.6 Å². The number of nitrogens with zero attached hydrogens (tertiary/aromatic N) is 4. The SMILES string of the molecule is COc1ccnc(-c2nc3c(c(N(C)CC(=O)NC4CCCC4)n2)CCC3)c1. The van der Waals surface area contributed by atoms with Crippen LogP contribution in [-0.2, 0) is 17.6 Å². The fourth-order valence-electron chi connectivity index (χ4n) is 4.14. The highest BCUT2D eigenvalue weighted by Crippen LogP contribution is 2.31. The first-order valence-electron chi connectivity index (χ1n) is 10.0. The maximum Gasteiger partial charge on any atom is 0.239 e. The minimum Gasteiger partial charge on any atom is -0.497 e. The molecule has 2 aliphatic rings. The second-order valence-electron chi connectivity index (χ2n) is 7.64. The number of ether oxygens (including phenoxy) is 1. The Balaban J connectivity index is 1.58. The van der Waals surface area contributed by atoms with Gasteiger partial charge in [-0.15, -0.1) is 0 Å². The average Bonchev–Trinajstić information content (AvgIpc) is 3.38. The van der Waals surface area contributed by atoms with Gasteiger partial charge in [0.05, 0.1) is 13.7 Å². The van der Waals surface area contributed by atoms with E-state index >= 15 is 0 Å². The van der Waals surface area contributed by atoms with E-state index in [-0.39, 0.29) is 5.91 Å². The molecule has 0 aliphatic heterocycles. The van der Waals surface area contributed by atoms with Crippen LogP contribution in [0, 0.1) is 0 Å². The van der Waals surface area contributed by atoms with Crippen LogP contribution in [0.1, 0.15) is 43.4 Å². The summed E-state index contributed by atoms with van der Waals surface area (Å²) in [7, 11) is 3.56. The summed E-state index contributed by atoms with van der Waals surface area (Å²) in [5.41, 5.74) is 2.90. The van der Waals surface area contributed by atoms with Gasteiger partial charge in [-0.25, -0.2) is 9.97 Å². The van der Waals surface area contributed by atoms with Crippen LogP contribution in [0.4, 0.5) is 5.82 Å². The third kappa shape index (κ3) is 3.93. The van der Waals surface area contributed by atoms with Crippen molar-refractivity contribution < 1.29 is 9.53 Å². The molecule has 1 amide bonds. The molecule has 7 nitrogen and oxygen atoms in total. The molecule has 2 aromatic heterocycles. The van der Waals surface area contributed by atoms with E-state index < -0.39 is 0 Å². The minimum absolute atomic E-state index is 0.0563. The molecule has 1 fully saturated rings. The lowest BCUT2D eigenvalue weighted by Crippen LogP contribution is -2.40. The van der Waals surface area contributed by atoms with Crippen molar-refractivity contribution in [1.29, 1.82) is 0 Å². The van der Waals surface area contributed by atoms with Gasteiger partial charge in [-0.2, -0.15) is 0 Å². The van der Waals surface area contributed by atoms with Crippen molar-refractivity contribution >= 4 is 11.7 Å². The zero-order valence-corrected chi connectivity index (χ0v) is 16.6. The largest absolute Gasteiger partial charge is 0.497 e. The van der Waals surface area contributed by atoms with E-state index in [9.17, 15) is 4.79 Å². The number of carbonyl (C=O) groups excluding carboxylic acids is 1. The van der Waals surface area contributed by atoms with Gasteiger partial charge in [0.25, 0.3) is 0 Å². The van der Waals surface area contributed by atoms with Crippen LogP contribution < -0.4 is 15.0 Å². The van der Waals surface area contributed by atoms with E-state index in [0.29, 0.717) is 24.1 Å². The summed E-state index contributed by atoms with van der Waals surface area (Å²) in [5.74, 6) is 2.20. The topological polar surface area (TPSA) is 80.2 Å². The Bertz CT molecular complexity index is 864. The molecule has 0 radical (unpaired) electrons. The third-order valence-electron chi connectivity index (χ3n) is 5.57. The van der Waals surface area contributed by atoms with Crippen molar-refractivity contribution in [1.82, 2.24) is 20.3 Å². The molecule has 0 saturated heterocycles. The Morgan fingerprint density at radius 2 is 2.07 bits per heavy atom. The smallest absolute Gasteiger partial charge is 0.239 e. The molecule has 28 heavy (non-hydrogen) atoms. The number of likely N-dealkylation sites (N-methyl/N-ethyl adjacent to an activating group) is 1. The first-order valence-corrected chi connectivity index (χ1v) is 10.0. The van der Waals surface area contributed by atoms with Gasteiger partial charge < -0.3 is 15.0 Å². The summed E-state index contributed by atoms with van der Waals surface area (Å²) in [6.45, 7) is 0.297. The fourth-order valence-corrected chi connectivity index (χ4v) is 4.14. The quantitative estimate of drug-likeness (QED) is 0.828. The van der Waals surface area contributed by atoms with E-state index in [0.717, 1.165) is 54.9 Å². The highest BCUT2D eigenvalue weighted by atomic mass is 16.5. The lowest BCUT2D eigenvalue weighted by molar-refractivity contribution is -0.120. The van der Waals surface area contributed by atoms with Gasteiger partial charge >= 0.3 is 0 Å². The molecule has 2 aliphatic carbocycles. The number of fused-ring (bicyclic) bond motifs is 1. The number of rotatable bonds is 6. The minimum atomic E-state index is 0.0563. The number of aromatic nitrogens is 3. The number of hydrogen-bond donors (Lipinski definition) is 1. The van der Waals surface area contributed by atoms with Gasteiger partial charge in [-0.1, -0.05) is 12.8 Å². The van der Waals surface area contributed by atoms with Crippen molar-refractivity contribution in [3.8, 4) is 17.3 Å². The molecule has 0 bridgehead atoms. The van der Waals surface area contributed by atoms with Gasteiger partial charge in [0.1, 0.15) is 17.3 Å². The normalized spacial score (nSPS) is 16.1. The Morgan fingerprint density at radius 1 is 1.25 bits per heavy atom. The number of aryl methyl sites for hydroxylation is 1. The second kappa shape index (κ2) is 8.12. The number of pyridine rings is 1. The van der Waals surface area contributed by atoms with E-state index in [2.05, 4.69) is 10.3 Å². The summed E-state index contributed by atoms with van der Waals surface area (Å²) in [6.07, 6.45) is 9.23. The van der Waals surface area contributed by atoms with Crippen molar-refractivity contribution in [3.63, 3.8) is 0 Å². The molecule has 1 saturated carbocycles. The molecule has 2 aromatic rings. The molecule has 0 atom stereocenters. The molecule has 2 heterocycles. The summed E-state index contributed by atoms with van der Waals surface area (Å²) in [4.78, 5) is 28.4.